The standard InChI is InChI=1S/C20H18N2O4/c1-25-18-7-3-2-6-17(18)22-20(24)15-10-8-14(9-11-15)19(23)21-13-16-5-4-12-26-16/h2-12H,13H2,1H3,(H,21,23)(H,22,24). The van der Waals surface area contributed by atoms with Crippen LogP contribution in [0.25, 0.3) is 0 Å². The van der Waals surface area contributed by atoms with Gasteiger partial charge in [0, 0.05) is 11.1 Å². The summed E-state index contributed by atoms with van der Waals surface area (Å²) in [4.78, 5) is 24.5. The molecule has 0 spiro atoms. The van der Waals surface area contributed by atoms with Crippen LogP contribution in [0.5, 0.6) is 5.75 Å². The molecule has 2 aromatic carbocycles. The van der Waals surface area contributed by atoms with Crippen LogP contribution in [0.15, 0.2) is 71.3 Å². The van der Waals surface area contributed by atoms with Gasteiger partial charge in [-0.05, 0) is 48.5 Å². The molecular formula is C20H18N2O4. The molecule has 6 heteroatoms. The van der Waals surface area contributed by atoms with Crippen molar-refractivity contribution in [1.82, 2.24) is 5.32 Å². The molecular weight excluding hydrogens is 332 g/mol. The van der Waals surface area contributed by atoms with Crippen molar-refractivity contribution in [2.75, 3.05) is 12.4 Å². The van der Waals surface area contributed by atoms with Crippen molar-refractivity contribution in [3.8, 4) is 5.75 Å². The Morgan fingerprint density at radius 1 is 0.923 bits per heavy atom. The molecule has 0 fully saturated rings. The lowest BCUT2D eigenvalue weighted by Crippen LogP contribution is -2.22. The molecule has 0 aliphatic rings. The summed E-state index contributed by atoms with van der Waals surface area (Å²) in [6.45, 7) is 0.307. The Kier molecular flexibility index (Phi) is 5.34. The molecule has 3 aromatic rings. The number of furan rings is 1. The van der Waals surface area contributed by atoms with Gasteiger partial charge in [0.2, 0.25) is 0 Å². The summed E-state index contributed by atoms with van der Waals surface area (Å²) in [6, 6.07) is 17.1. The monoisotopic (exact) mass is 350 g/mol. The van der Waals surface area contributed by atoms with Gasteiger partial charge in [-0.25, -0.2) is 0 Å². The predicted octanol–water partition coefficient (Wildman–Crippen LogP) is 3.47. The highest BCUT2D eigenvalue weighted by molar-refractivity contribution is 6.05. The van der Waals surface area contributed by atoms with Gasteiger partial charge in [0.1, 0.15) is 11.5 Å². The van der Waals surface area contributed by atoms with Gasteiger partial charge >= 0.3 is 0 Å². The van der Waals surface area contributed by atoms with E-state index in [1.807, 2.05) is 12.1 Å². The first-order valence-corrected chi connectivity index (χ1v) is 8.02. The summed E-state index contributed by atoms with van der Waals surface area (Å²) in [6.07, 6.45) is 1.55. The van der Waals surface area contributed by atoms with Gasteiger partial charge in [0.15, 0.2) is 0 Å². The number of nitrogens with one attached hydrogen (secondary N) is 2. The van der Waals surface area contributed by atoms with Gasteiger partial charge < -0.3 is 19.8 Å². The van der Waals surface area contributed by atoms with Crippen molar-refractivity contribution >= 4 is 17.5 Å². The van der Waals surface area contributed by atoms with Crippen LogP contribution in [0.3, 0.4) is 0 Å². The van der Waals surface area contributed by atoms with Gasteiger partial charge in [0.05, 0.1) is 25.6 Å². The lowest BCUT2D eigenvalue weighted by Gasteiger charge is -2.10. The summed E-state index contributed by atoms with van der Waals surface area (Å²) in [5, 5.41) is 5.55. The smallest absolute Gasteiger partial charge is 0.255 e. The predicted molar refractivity (Wildman–Crippen MR) is 97.3 cm³/mol. The number of amides is 2. The molecule has 2 amide bonds. The fourth-order valence-corrected chi connectivity index (χ4v) is 2.40. The molecule has 132 valence electrons. The Labute approximate surface area is 150 Å². The third-order valence-electron chi connectivity index (χ3n) is 3.77. The number of hydrogen-bond donors (Lipinski definition) is 2. The van der Waals surface area contributed by atoms with Crippen molar-refractivity contribution in [2.24, 2.45) is 0 Å². The second kappa shape index (κ2) is 8.02. The van der Waals surface area contributed by atoms with Gasteiger partial charge in [-0.15, -0.1) is 0 Å². The number of carbonyl (C=O) groups excluding carboxylic acids is 2. The minimum Gasteiger partial charge on any atom is -0.495 e. The van der Waals surface area contributed by atoms with E-state index < -0.39 is 0 Å². The molecule has 3 rings (SSSR count). The summed E-state index contributed by atoms with van der Waals surface area (Å²) in [5.41, 5.74) is 1.49. The van der Waals surface area contributed by atoms with E-state index in [0.29, 0.717) is 34.9 Å². The number of methoxy groups -OCH3 is 1. The van der Waals surface area contributed by atoms with E-state index in [9.17, 15) is 9.59 Å². The zero-order chi connectivity index (χ0) is 18.4. The number of para-hydroxylation sites is 2. The Balaban J connectivity index is 1.63. The molecule has 1 heterocycles. The SMILES string of the molecule is COc1ccccc1NC(=O)c1ccc(C(=O)NCc2ccco2)cc1. The first-order chi connectivity index (χ1) is 12.7. The highest BCUT2D eigenvalue weighted by Gasteiger charge is 2.11. The zero-order valence-corrected chi connectivity index (χ0v) is 14.2. The van der Waals surface area contributed by atoms with E-state index in [1.54, 1.807) is 61.9 Å². The Morgan fingerprint density at radius 3 is 2.27 bits per heavy atom. The number of hydrogen-bond acceptors (Lipinski definition) is 4. The second-order valence-corrected chi connectivity index (χ2v) is 5.49. The van der Waals surface area contributed by atoms with E-state index in [0.717, 1.165) is 0 Å². The van der Waals surface area contributed by atoms with E-state index >= 15 is 0 Å². The fourth-order valence-electron chi connectivity index (χ4n) is 2.40. The molecule has 0 saturated carbocycles. The van der Waals surface area contributed by atoms with Gasteiger partial charge in [-0.3, -0.25) is 9.59 Å². The molecule has 0 atom stereocenters. The maximum Gasteiger partial charge on any atom is 0.255 e. The number of anilines is 1. The van der Waals surface area contributed by atoms with Crippen LogP contribution in [-0.4, -0.2) is 18.9 Å². The summed E-state index contributed by atoms with van der Waals surface area (Å²) in [7, 11) is 1.54. The zero-order valence-electron chi connectivity index (χ0n) is 14.2. The highest BCUT2D eigenvalue weighted by atomic mass is 16.5. The number of ether oxygens (including phenoxy) is 1. The third-order valence-corrected chi connectivity index (χ3v) is 3.77. The van der Waals surface area contributed by atoms with Crippen molar-refractivity contribution in [3.05, 3.63) is 83.8 Å². The average Bonchev–Trinajstić information content (AvgIpc) is 3.20. The molecule has 0 bridgehead atoms. The van der Waals surface area contributed by atoms with Crippen LogP contribution >= 0.6 is 0 Å². The molecule has 0 saturated heterocycles. The average molecular weight is 350 g/mol. The van der Waals surface area contributed by atoms with E-state index in [4.69, 9.17) is 9.15 Å². The van der Waals surface area contributed by atoms with Gasteiger partial charge in [-0.2, -0.15) is 0 Å². The fraction of sp³-hybridized carbons (Fsp3) is 0.100. The van der Waals surface area contributed by atoms with Crippen LogP contribution in [0.1, 0.15) is 26.5 Å². The van der Waals surface area contributed by atoms with Gasteiger partial charge in [-0.1, -0.05) is 12.1 Å². The van der Waals surface area contributed by atoms with Crippen LogP contribution in [0, 0.1) is 0 Å². The van der Waals surface area contributed by atoms with E-state index in [-0.39, 0.29) is 11.8 Å². The van der Waals surface area contributed by atoms with Crippen LogP contribution in [0.2, 0.25) is 0 Å². The van der Waals surface area contributed by atoms with Crippen molar-refractivity contribution < 1.29 is 18.7 Å². The van der Waals surface area contributed by atoms with Gasteiger partial charge in [0.25, 0.3) is 11.8 Å². The van der Waals surface area contributed by atoms with Crippen molar-refractivity contribution in [3.63, 3.8) is 0 Å². The van der Waals surface area contributed by atoms with Crippen LogP contribution < -0.4 is 15.4 Å². The molecule has 26 heavy (non-hydrogen) atoms. The van der Waals surface area contributed by atoms with E-state index in [1.165, 1.54) is 0 Å². The number of benzene rings is 2. The molecule has 0 radical (unpaired) electrons. The first-order valence-electron chi connectivity index (χ1n) is 8.02. The number of carbonyl (C=O) groups is 2. The largest absolute Gasteiger partial charge is 0.495 e. The topological polar surface area (TPSA) is 80.6 Å². The summed E-state index contributed by atoms with van der Waals surface area (Å²) in [5.74, 6) is 0.732. The molecule has 0 unspecified atom stereocenters. The summed E-state index contributed by atoms with van der Waals surface area (Å²) < 4.78 is 10.4. The van der Waals surface area contributed by atoms with Crippen molar-refractivity contribution in [1.29, 1.82) is 0 Å². The second-order valence-electron chi connectivity index (χ2n) is 5.49. The Hall–Kier alpha value is -3.54. The van der Waals surface area contributed by atoms with E-state index in [2.05, 4.69) is 10.6 Å². The molecule has 0 aliphatic heterocycles. The first kappa shape index (κ1) is 17.3. The van der Waals surface area contributed by atoms with Crippen molar-refractivity contribution in [2.45, 2.75) is 6.54 Å². The van der Waals surface area contributed by atoms with Crippen LogP contribution in [0.4, 0.5) is 5.69 Å². The minimum absolute atomic E-state index is 0.238. The minimum atomic E-state index is -0.281. The molecule has 1 aromatic heterocycles. The molecule has 2 N–H and O–H groups in total. The summed E-state index contributed by atoms with van der Waals surface area (Å²) >= 11 is 0. The molecule has 6 nitrogen and oxygen atoms in total. The maximum atomic E-state index is 12.4. The van der Waals surface area contributed by atoms with Crippen LogP contribution in [-0.2, 0) is 6.54 Å². The quantitative estimate of drug-likeness (QED) is 0.713. The normalized spacial score (nSPS) is 10.2. The third kappa shape index (κ3) is 4.10. The number of rotatable bonds is 6. The Morgan fingerprint density at radius 2 is 1.62 bits per heavy atom. The molecule has 0 aliphatic carbocycles. The maximum absolute atomic E-state index is 12.4. The lowest BCUT2D eigenvalue weighted by molar-refractivity contribution is 0.0946. The lowest BCUT2D eigenvalue weighted by atomic mass is 10.1. The highest BCUT2D eigenvalue weighted by Crippen LogP contribution is 2.23. The Bertz CT molecular complexity index is 886.